The lowest BCUT2D eigenvalue weighted by Crippen LogP contribution is -2.48. The molecule has 4 rings (SSSR count). The predicted molar refractivity (Wildman–Crippen MR) is 84.4 cm³/mol. The largest absolute Gasteiger partial charge is 0.339 e. The first-order valence-electron chi connectivity index (χ1n) is 7.47. The fourth-order valence-electron chi connectivity index (χ4n) is 2.55. The monoisotopic (exact) mass is 329 g/mol. The summed E-state index contributed by atoms with van der Waals surface area (Å²) in [5, 5.41) is 3.97. The van der Waals surface area contributed by atoms with E-state index in [9.17, 15) is 4.79 Å². The van der Waals surface area contributed by atoms with Crippen LogP contribution < -0.4 is 0 Å². The van der Waals surface area contributed by atoms with E-state index in [1.165, 1.54) is 0 Å². The molecule has 0 radical (unpaired) electrons. The lowest BCUT2D eigenvalue weighted by atomic mass is 9.98. The highest BCUT2D eigenvalue weighted by Crippen LogP contribution is 2.28. The van der Waals surface area contributed by atoms with Crippen LogP contribution in [-0.4, -0.2) is 42.8 Å². The molecule has 1 amide bonds. The maximum absolute atomic E-state index is 12.5. The Kier molecular flexibility index (Phi) is 3.33. The minimum Gasteiger partial charge on any atom is -0.339 e. The Morgan fingerprint density at radius 2 is 2.09 bits per heavy atom. The molecule has 8 heteroatoms. The molecule has 7 nitrogen and oxygen atoms in total. The number of amides is 1. The smallest absolute Gasteiger partial charge is 0.253 e. The number of nitrogens with zero attached hydrogens (tertiary/aromatic N) is 5. The van der Waals surface area contributed by atoms with Crippen LogP contribution in [0.25, 0.3) is 11.0 Å². The third-order valence-corrected chi connectivity index (χ3v) is 4.55. The van der Waals surface area contributed by atoms with Crippen LogP contribution in [0.15, 0.2) is 22.7 Å². The van der Waals surface area contributed by atoms with Crippen molar-refractivity contribution in [2.45, 2.75) is 25.7 Å². The highest BCUT2D eigenvalue weighted by molar-refractivity contribution is 7.00. The highest BCUT2D eigenvalue weighted by Gasteiger charge is 2.36. The Labute approximate surface area is 136 Å². The fraction of sp³-hybridized carbons (Fsp3) is 0.400. The van der Waals surface area contributed by atoms with Crippen LogP contribution in [0.5, 0.6) is 0 Å². The van der Waals surface area contributed by atoms with Gasteiger partial charge in [-0.3, -0.25) is 4.79 Å². The second-order valence-electron chi connectivity index (χ2n) is 6.02. The van der Waals surface area contributed by atoms with E-state index < -0.39 is 0 Å². The number of aromatic nitrogens is 4. The second kappa shape index (κ2) is 5.38. The number of hydrogen-bond donors (Lipinski definition) is 0. The Morgan fingerprint density at radius 1 is 1.30 bits per heavy atom. The van der Waals surface area contributed by atoms with Gasteiger partial charge in [0.2, 0.25) is 5.89 Å². The van der Waals surface area contributed by atoms with E-state index >= 15 is 0 Å². The number of benzene rings is 1. The summed E-state index contributed by atoms with van der Waals surface area (Å²) >= 11 is 1.15. The summed E-state index contributed by atoms with van der Waals surface area (Å²) in [6.45, 7) is 5.25. The molecule has 0 N–H and O–H groups in total. The number of fused-ring (bicyclic) bond motifs is 1. The van der Waals surface area contributed by atoms with Crippen molar-refractivity contribution < 1.29 is 9.32 Å². The average molecular weight is 329 g/mol. The topological polar surface area (TPSA) is 85.0 Å². The maximum Gasteiger partial charge on any atom is 0.253 e. The molecule has 0 aliphatic carbocycles. The van der Waals surface area contributed by atoms with Gasteiger partial charge in [0.1, 0.15) is 11.0 Å². The number of carbonyl (C=O) groups excluding carboxylic acids is 1. The Hall–Kier alpha value is -2.35. The Balaban J connectivity index is 1.45. The molecular weight excluding hydrogens is 314 g/mol. The summed E-state index contributed by atoms with van der Waals surface area (Å²) in [4.78, 5) is 18.7. The van der Waals surface area contributed by atoms with E-state index in [2.05, 4.69) is 18.9 Å². The molecule has 2 aromatic heterocycles. The minimum atomic E-state index is -0.000233. The molecule has 3 heterocycles. The molecule has 1 fully saturated rings. The molecule has 0 spiro atoms. The minimum absolute atomic E-state index is 0.000233. The summed E-state index contributed by atoms with van der Waals surface area (Å²) in [5.41, 5.74) is 2.22. The van der Waals surface area contributed by atoms with Crippen molar-refractivity contribution >= 4 is 28.7 Å². The zero-order valence-electron chi connectivity index (χ0n) is 12.8. The first-order chi connectivity index (χ1) is 11.1. The van der Waals surface area contributed by atoms with Crippen molar-refractivity contribution in [3.63, 3.8) is 0 Å². The van der Waals surface area contributed by atoms with Gasteiger partial charge in [0, 0.05) is 24.6 Å². The van der Waals surface area contributed by atoms with Gasteiger partial charge in [-0.1, -0.05) is 19.0 Å². The first-order valence-corrected chi connectivity index (χ1v) is 8.20. The van der Waals surface area contributed by atoms with E-state index in [0.717, 1.165) is 22.8 Å². The summed E-state index contributed by atoms with van der Waals surface area (Å²) in [5.74, 6) is 1.70. The number of likely N-dealkylation sites (tertiary alicyclic amines) is 1. The van der Waals surface area contributed by atoms with Crippen LogP contribution in [0.3, 0.4) is 0 Å². The van der Waals surface area contributed by atoms with Crippen molar-refractivity contribution in [1.82, 2.24) is 23.8 Å². The van der Waals surface area contributed by atoms with Gasteiger partial charge in [-0.15, -0.1) is 0 Å². The van der Waals surface area contributed by atoms with Gasteiger partial charge in [0.05, 0.1) is 17.6 Å². The standard InChI is InChI=1S/C15H15N5O2S/c1-8(2)13-16-14(22-17-13)10-6-20(7-10)15(21)9-3-4-11-12(5-9)19-23-18-11/h3-5,8,10H,6-7H2,1-2H3. The van der Waals surface area contributed by atoms with Gasteiger partial charge in [-0.05, 0) is 18.2 Å². The molecule has 118 valence electrons. The number of rotatable bonds is 3. The summed E-state index contributed by atoms with van der Waals surface area (Å²) < 4.78 is 13.6. The summed E-state index contributed by atoms with van der Waals surface area (Å²) in [6, 6.07) is 5.41. The fourth-order valence-corrected chi connectivity index (χ4v) is 3.06. The van der Waals surface area contributed by atoms with Gasteiger partial charge < -0.3 is 9.42 Å². The van der Waals surface area contributed by atoms with Crippen molar-refractivity contribution in [1.29, 1.82) is 0 Å². The summed E-state index contributed by atoms with van der Waals surface area (Å²) in [7, 11) is 0. The van der Waals surface area contributed by atoms with E-state index in [1.54, 1.807) is 17.0 Å². The van der Waals surface area contributed by atoms with Gasteiger partial charge in [-0.2, -0.15) is 13.7 Å². The van der Waals surface area contributed by atoms with E-state index in [-0.39, 0.29) is 17.7 Å². The molecular formula is C15H15N5O2S. The van der Waals surface area contributed by atoms with Crippen molar-refractivity contribution in [3.05, 3.63) is 35.5 Å². The molecule has 0 unspecified atom stereocenters. The number of carbonyl (C=O) groups is 1. The van der Waals surface area contributed by atoms with Crippen LogP contribution in [0.1, 0.15) is 47.8 Å². The SMILES string of the molecule is CC(C)c1noc(C2CN(C(=O)c3ccc4nsnc4c3)C2)n1. The zero-order chi connectivity index (χ0) is 16.0. The molecule has 1 aliphatic rings. The van der Waals surface area contributed by atoms with Gasteiger partial charge in [0.25, 0.3) is 5.91 Å². The van der Waals surface area contributed by atoms with Crippen LogP contribution in [0, 0.1) is 0 Å². The molecule has 1 saturated heterocycles. The van der Waals surface area contributed by atoms with Crippen LogP contribution in [0.4, 0.5) is 0 Å². The number of hydrogen-bond acceptors (Lipinski definition) is 7. The lowest BCUT2D eigenvalue weighted by Gasteiger charge is -2.37. The van der Waals surface area contributed by atoms with E-state index in [1.807, 2.05) is 19.9 Å². The van der Waals surface area contributed by atoms with Crippen molar-refractivity contribution in [2.24, 2.45) is 0 Å². The molecule has 1 aromatic carbocycles. The Morgan fingerprint density at radius 3 is 2.83 bits per heavy atom. The van der Waals surface area contributed by atoms with E-state index in [0.29, 0.717) is 30.4 Å². The summed E-state index contributed by atoms with van der Waals surface area (Å²) in [6.07, 6.45) is 0. The second-order valence-corrected chi connectivity index (χ2v) is 6.55. The normalized spacial score (nSPS) is 15.3. The molecule has 23 heavy (non-hydrogen) atoms. The van der Waals surface area contributed by atoms with E-state index in [4.69, 9.17) is 4.52 Å². The van der Waals surface area contributed by atoms with Crippen molar-refractivity contribution in [3.8, 4) is 0 Å². The van der Waals surface area contributed by atoms with Crippen LogP contribution >= 0.6 is 11.7 Å². The van der Waals surface area contributed by atoms with Gasteiger partial charge >= 0.3 is 0 Å². The third kappa shape index (κ3) is 2.48. The molecule has 0 atom stereocenters. The predicted octanol–water partition coefficient (Wildman–Crippen LogP) is 2.44. The first kappa shape index (κ1) is 14.3. The third-order valence-electron chi connectivity index (χ3n) is 3.99. The average Bonchev–Trinajstić information content (AvgIpc) is 3.13. The maximum atomic E-state index is 12.5. The molecule has 0 saturated carbocycles. The quantitative estimate of drug-likeness (QED) is 0.734. The zero-order valence-corrected chi connectivity index (χ0v) is 13.6. The van der Waals surface area contributed by atoms with Crippen LogP contribution in [-0.2, 0) is 0 Å². The Bertz CT molecular complexity index is 866. The van der Waals surface area contributed by atoms with Crippen LogP contribution in [0.2, 0.25) is 0 Å². The molecule has 0 bridgehead atoms. The van der Waals surface area contributed by atoms with Crippen molar-refractivity contribution in [2.75, 3.05) is 13.1 Å². The lowest BCUT2D eigenvalue weighted by molar-refractivity contribution is 0.0569. The van der Waals surface area contributed by atoms with Gasteiger partial charge in [-0.25, -0.2) is 0 Å². The molecule has 1 aliphatic heterocycles. The molecule has 3 aromatic rings. The highest BCUT2D eigenvalue weighted by atomic mass is 32.1. The van der Waals surface area contributed by atoms with Gasteiger partial charge in [0.15, 0.2) is 5.82 Å².